The van der Waals surface area contributed by atoms with Crippen molar-refractivity contribution in [2.75, 3.05) is 0 Å². The van der Waals surface area contributed by atoms with E-state index >= 15 is 0 Å². The Kier molecular flexibility index (Phi) is 2.60. The second kappa shape index (κ2) is 4.59. The maximum atomic E-state index is 4.70. The molecule has 0 amide bonds. The Bertz CT molecular complexity index is 903. The molecule has 0 spiro atoms. The summed E-state index contributed by atoms with van der Waals surface area (Å²) in [6, 6.07) is 12.3. The summed E-state index contributed by atoms with van der Waals surface area (Å²) in [7, 11) is 2.03. The van der Waals surface area contributed by atoms with Gasteiger partial charge in [-0.2, -0.15) is 0 Å². The molecule has 0 aliphatic rings. The van der Waals surface area contributed by atoms with Crippen molar-refractivity contribution in [2.45, 2.75) is 0 Å². The molecule has 0 saturated carbocycles. The monoisotopic (exact) mass is 274 g/mol. The molecule has 3 heterocycles. The Morgan fingerprint density at radius 1 is 1.00 bits per heavy atom. The van der Waals surface area contributed by atoms with Crippen LogP contribution >= 0.6 is 0 Å². The predicted molar refractivity (Wildman–Crippen MR) is 83.7 cm³/mol. The lowest BCUT2D eigenvalue weighted by Gasteiger charge is -2.03. The fraction of sp³-hybridized carbons (Fsp3) is 0.0588. The van der Waals surface area contributed by atoms with Crippen LogP contribution in [0, 0.1) is 0 Å². The Labute approximate surface area is 122 Å². The lowest BCUT2D eigenvalue weighted by molar-refractivity contribution is 0.929. The molecule has 1 N–H and O–H groups in total. The lowest BCUT2D eigenvalue weighted by Crippen LogP contribution is -1.87. The molecule has 21 heavy (non-hydrogen) atoms. The summed E-state index contributed by atoms with van der Waals surface area (Å²) < 4.78 is 2.06. The van der Waals surface area contributed by atoms with E-state index in [1.165, 1.54) is 11.1 Å². The molecular formula is C17H14N4. The quantitative estimate of drug-likeness (QED) is 0.606. The van der Waals surface area contributed by atoms with Crippen LogP contribution in [-0.2, 0) is 7.05 Å². The highest BCUT2D eigenvalue weighted by Gasteiger charge is 2.12. The van der Waals surface area contributed by atoms with E-state index < -0.39 is 0 Å². The standard InChI is InChI=1S/C17H14N4/c1-21-10-13(12-5-3-2-4-6-12)14(11-21)16-9-19-17-15(20-16)7-8-18-17/h2-11H,1H3,(H,18,19). The third-order valence-electron chi connectivity index (χ3n) is 3.58. The van der Waals surface area contributed by atoms with Crippen molar-refractivity contribution in [2.24, 2.45) is 7.05 Å². The van der Waals surface area contributed by atoms with Crippen LogP contribution in [0.4, 0.5) is 0 Å². The number of nitrogens with one attached hydrogen (secondary N) is 1. The third kappa shape index (κ3) is 2.01. The summed E-state index contributed by atoms with van der Waals surface area (Å²) in [6.45, 7) is 0. The average Bonchev–Trinajstić information content (AvgIpc) is 3.13. The van der Waals surface area contributed by atoms with E-state index in [0.29, 0.717) is 0 Å². The van der Waals surface area contributed by atoms with Gasteiger partial charge in [-0.3, -0.25) is 0 Å². The molecule has 0 radical (unpaired) electrons. The fourth-order valence-electron chi connectivity index (χ4n) is 2.60. The molecule has 0 unspecified atom stereocenters. The number of nitrogens with zero attached hydrogens (tertiary/aromatic N) is 3. The van der Waals surface area contributed by atoms with Crippen molar-refractivity contribution < 1.29 is 0 Å². The van der Waals surface area contributed by atoms with Crippen molar-refractivity contribution in [3.05, 3.63) is 61.2 Å². The summed E-state index contributed by atoms with van der Waals surface area (Å²) in [4.78, 5) is 12.2. The second-order valence-corrected chi connectivity index (χ2v) is 5.08. The number of H-pyrrole nitrogens is 1. The van der Waals surface area contributed by atoms with Crippen LogP contribution in [0.15, 0.2) is 61.2 Å². The number of aromatic amines is 1. The minimum atomic E-state index is 0.816. The third-order valence-corrected chi connectivity index (χ3v) is 3.58. The molecule has 4 nitrogen and oxygen atoms in total. The first-order valence-corrected chi connectivity index (χ1v) is 6.83. The summed E-state index contributed by atoms with van der Waals surface area (Å²) in [5, 5.41) is 0. The van der Waals surface area contributed by atoms with Gasteiger partial charge in [0.05, 0.1) is 11.9 Å². The zero-order chi connectivity index (χ0) is 14.2. The maximum absolute atomic E-state index is 4.70. The number of aromatic nitrogens is 4. The Morgan fingerprint density at radius 3 is 2.67 bits per heavy atom. The van der Waals surface area contributed by atoms with Gasteiger partial charge < -0.3 is 9.55 Å². The molecule has 102 valence electrons. The van der Waals surface area contributed by atoms with Gasteiger partial charge in [0, 0.05) is 36.8 Å². The fourth-order valence-corrected chi connectivity index (χ4v) is 2.60. The summed E-state index contributed by atoms with van der Waals surface area (Å²) in [6.07, 6.45) is 7.89. The van der Waals surface area contributed by atoms with Gasteiger partial charge >= 0.3 is 0 Å². The zero-order valence-corrected chi connectivity index (χ0v) is 11.6. The van der Waals surface area contributed by atoms with Gasteiger partial charge in [0.1, 0.15) is 5.52 Å². The van der Waals surface area contributed by atoms with E-state index in [-0.39, 0.29) is 0 Å². The van der Waals surface area contributed by atoms with Crippen molar-refractivity contribution in [3.63, 3.8) is 0 Å². The van der Waals surface area contributed by atoms with Crippen molar-refractivity contribution in [1.29, 1.82) is 0 Å². The highest BCUT2D eigenvalue weighted by atomic mass is 14.9. The zero-order valence-electron chi connectivity index (χ0n) is 11.6. The number of fused-ring (bicyclic) bond motifs is 1. The van der Waals surface area contributed by atoms with Crippen LogP contribution in [0.3, 0.4) is 0 Å². The second-order valence-electron chi connectivity index (χ2n) is 5.08. The van der Waals surface area contributed by atoms with E-state index in [9.17, 15) is 0 Å². The number of benzene rings is 1. The minimum absolute atomic E-state index is 0.816. The van der Waals surface area contributed by atoms with E-state index in [1.807, 2.05) is 43.7 Å². The van der Waals surface area contributed by atoms with Gasteiger partial charge in [0.15, 0.2) is 5.65 Å². The Balaban J connectivity index is 1.92. The van der Waals surface area contributed by atoms with E-state index in [4.69, 9.17) is 4.98 Å². The minimum Gasteiger partial charge on any atom is -0.356 e. The first kappa shape index (κ1) is 11.9. The molecule has 3 aromatic heterocycles. The molecule has 4 rings (SSSR count). The number of rotatable bonds is 2. The summed E-state index contributed by atoms with van der Waals surface area (Å²) in [5.74, 6) is 0. The molecule has 0 saturated heterocycles. The topological polar surface area (TPSA) is 46.5 Å². The van der Waals surface area contributed by atoms with Gasteiger partial charge in [-0.25, -0.2) is 9.97 Å². The van der Waals surface area contributed by atoms with Gasteiger partial charge in [0.25, 0.3) is 0 Å². The number of hydrogen-bond acceptors (Lipinski definition) is 2. The number of aryl methyl sites for hydroxylation is 1. The maximum Gasteiger partial charge on any atom is 0.156 e. The Morgan fingerprint density at radius 2 is 1.81 bits per heavy atom. The SMILES string of the molecule is Cn1cc(-c2ccccc2)c(-c2cnc3[nH]ccc3n2)c1. The van der Waals surface area contributed by atoms with E-state index in [0.717, 1.165) is 22.4 Å². The Hall–Kier alpha value is -2.88. The van der Waals surface area contributed by atoms with Gasteiger partial charge in [-0.15, -0.1) is 0 Å². The first-order valence-electron chi connectivity index (χ1n) is 6.83. The smallest absolute Gasteiger partial charge is 0.156 e. The highest BCUT2D eigenvalue weighted by molar-refractivity contribution is 5.83. The van der Waals surface area contributed by atoms with Crippen molar-refractivity contribution >= 4 is 11.2 Å². The molecular weight excluding hydrogens is 260 g/mol. The normalized spacial score (nSPS) is 11.1. The molecule has 4 heteroatoms. The predicted octanol–water partition coefficient (Wildman–Crippen LogP) is 3.63. The average molecular weight is 274 g/mol. The van der Waals surface area contributed by atoms with Crippen LogP contribution < -0.4 is 0 Å². The van der Waals surface area contributed by atoms with Gasteiger partial charge in [-0.05, 0) is 11.6 Å². The summed E-state index contributed by atoms with van der Waals surface area (Å²) in [5.41, 5.74) is 6.04. The molecule has 1 aromatic carbocycles. The van der Waals surface area contributed by atoms with Crippen LogP contribution in [0.25, 0.3) is 33.5 Å². The molecule has 0 atom stereocenters. The van der Waals surface area contributed by atoms with Crippen molar-refractivity contribution in [1.82, 2.24) is 19.5 Å². The van der Waals surface area contributed by atoms with Gasteiger partial charge in [-0.1, -0.05) is 30.3 Å². The van der Waals surface area contributed by atoms with Crippen LogP contribution in [-0.4, -0.2) is 19.5 Å². The van der Waals surface area contributed by atoms with Crippen molar-refractivity contribution in [3.8, 4) is 22.4 Å². The summed E-state index contributed by atoms with van der Waals surface area (Å²) >= 11 is 0. The first-order chi connectivity index (χ1) is 10.3. The lowest BCUT2D eigenvalue weighted by atomic mass is 10.0. The molecule has 4 aromatic rings. The van der Waals surface area contributed by atoms with Crippen LogP contribution in [0.2, 0.25) is 0 Å². The number of hydrogen-bond donors (Lipinski definition) is 1. The van der Waals surface area contributed by atoms with Crippen LogP contribution in [0.1, 0.15) is 0 Å². The van der Waals surface area contributed by atoms with Crippen LogP contribution in [0.5, 0.6) is 0 Å². The molecule has 0 aliphatic carbocycles. The molecule has 0 aliphatic heterocycles. The van der Waals surface area contributed by atoms with E-state index in [1.54, 1.807) is 0 Å². The molecule has 0 fully saturated rings. The van der Waals surface area contributed by atoms with Gasteiger partial charge in [0.2, 0.25) is 0 Å². The molecule has 0 bridgehead atoms. The van der Waals surface area contributed by atoms with E-state index in [2.05, 4.69) is 39.1 Å². The highest BCUT2D eigenvalue weighted by Crippen LogP contribution is 2.31. The largest absolute Gasteiger partial charge is 0.356 e.